The molecule has 3 atom stereocenters. The standard InChI is InChI=1S/C23H29N5O3.C3H6/c1-15-21(16(2)25-14-24-15)22(29)28-12-18-10-27(11-19(18)13-28)9-8-20(26-23(30)31)17-6-4-3-5-7-17;1-2-3-1/h3-7,14,18-20,26H,8-13H2,1-2H3,(H,30,31);1-3H2/t18-,19?,20?;/m0./s1. The van der Waals surface area contributed by atoms with Gasteiger partial charge in [-0.1, -0.05) is 49.6 Å². The minimum atomic E-state index is -1.00. The summed E-state index contributed by atoms with van der Waals surface area (Å²) in [7, 11) is 0. The zero-order valence-corrected chi connectivity index (χ0v) is 20.1. The first-order valence-electron chi connectivity index (χ1n) is 12.3. The number of fused-ring (bicyclic) bond motifs is 1. The highest BCUT2D eigenvalue weighted by Crippen LogP contribution is 2.33. The number of carbonyl (C=O) groups excluding carboxylic acids is 1. The molecule has 3 aliphatic rings. The van der Waals surface area contributed by atoms with E-state index in [9.17, 15) is 14.7 Å². The van der Waals surface area contributed by atoms with Gasteiger partial charge in [0.05, 0.1) is 23.0 Å². The van der Waals surface area contributed by atoms with Gasteiger partial charge in [-0.3, -0.25) is 4.79 Å². The molecule has 2 aromatic rings. The van der Waals surface area contributed by atoms with Crippen LogP contribution in [0.5, 0.6) is 0 Å². The third kappa shape index (κ3) is 6.11. The highest BCUT2D eigenvalue weighted by molar-refractivity contribution is 5.96. The van der Waals surface area contributed by atoms with Gasteiger partial charge in [0.25, 0.3) is 5.91 Å². The molecule has 1 saturated carbocycles. The molecule has 182 valence electrons. The van der Waals surface area contributed by atoms with Crippen LogP contribution in [0.15, 0.2) is 36.7 Å². The van der Waals surface area contributed by atoms with Gasteiger partial charge < -0.3 is 20.2 Å². The van der Waals surface area contributed by atoms with Crippen molar-refractivity contribution in [3.63, 3.8) is 0 Å². The normalized spacial score (nSPS) is 21.9. The third-order valence-corrected chi connectivity index (χ3v) is 6.88. The number of aromatic nitrogens is 2. The van der Waals surface area contributed by atoms with Crippen molar-refractivity contribution in [2.24, 2.45) is 11.8 Å². The number of nitrogens with one attached hydrogen (secondary N) is 1. The molecule has 2 saturated heterocycles. The van der Waals surface area contributed by atoms with Crippen LogP contribution >= 0.6 is 0 Å². The molecule has 2 aliphatic heterocycles. The van der Waals surface area contributed by atoms with Gasteiger partial charge in [0.1, 0.15) is 6.33 Å². The number of benzene rings is 1. The van der Waals surface area contributed by atoms with E-state index in [2.05, 4.69) is 20.2 Å². The second-order valence-corrected chi connectivity index (χ2v) is 9.67. The molecule has 1 aliphatic carbocycles. The Bertz CT molecular complexity index is 960. The molecule has 8 heteroatoms. The molecule has 0 radical (unpaired) electrons. The first-order valence-corrected chi connectivity index (χ1v) is 12.3. The summed E-state index contributed by atoms with van der Waals surface area (Å²) in [6.07, 6.45) is 5.72. The highest BCUT2D eigenvalue weighted by atomic mass is 16.4. The van der Waals surface area contributed by atoms with E-state index < -0.39 is 6.09 Å². The second kappa shape index (κ2) is 11.0. The van der Waals surface area contributed by atoms with E-state index in [-0.39, 0.29) is 11.9 Å². The molecule has 5 rings (SSSR count). The molecule has 1 aromatic carbocycles. The fraction of sp³-hybridized carbons (Fsp3) is 0.538. The molecule has 0 spiro atoms. The molecule has 1 aromatic heterocycles. The van der Waals surface area contributed by atoms with Gasteiger partial charge in [0.15, 0.2) is 0 Å². The number of rotatable bonds is 6. The lowest BCUT2D eigenvalue weighted by Crippen LogP contribution is -2.35. The summed E-state index contributed by atoms with van der Waals surface area (Å²) in [6, 6.07) is 9.49. The molecular formula is C26H35N5O3. The molecule has 2 N–H and O–H groups in total. The average molecular weight is 466 g/mol. The van der Waals surface area contributed by atoms with Crippen LogP contribution in [-0.2, 0) is 0 Å². The topological polar surface area (TPSA) is 98.7 Å². The number of carboxylic acid groups (broad SMARTS) is 1. The SMILES string of the molecule is C1CC1.Cc1ncnc(C)c1C(=O)N1CC2CN(CCC(NC(=O)O)c3ccccc3)C[C@H]2C1. The molecular weight excluding hydrogens is 430 g/mol. The van der Waals surface area contributed by atoms with Gasteiger partial charge in [0.2, 0.25) is 0 Å². The fourth-order valence-corrected chi connectivity index (χ4v) is 4.97. The van der Waals surface area contributed by atoms with E-state index in [4.69, 9.17) is 0 Å². The first kappa shape index (κ1) is 24.1. The van der Waals surface area contributed by atoms with Crippen molar-refractivity contribution in [2.75, 3.05) is 32.7 Å². The molecule has 3 heterocycles. The minimum absolute atomic E-state index is 0.0337. The predicted octanol–water partition coefficient (Wildman–Crippen LogP) is 3.67. The smallest absolute Gasteiger partial charge is 0.405 e. The largest absolute Gasteiger partial charge is 0.465 e. The number of nitrogens with zero attached hydrogens (tertiary/aromatic N) is 4. The van der Waals surface area contributed by atoms with Crippen molar-refractivity contribution in [2.45, 2.75) is 45.6 Å². The summed E-state index contributed by atoms with van der Waals surface area (Å²) < 4.78 is 0. The summed E-state index contributed by atoms with van der Waals surface area (Å²) in [5.74, 6) is 0.944. The van der Waals surface area contributed by atoms with Crippen LogP contribution in [0.3, 0.4) is 0 Å². The average Bonchev–Trinajstić information content (AvgIpc) is 3.57. The highest BCUT2D eigenvalue weighted by Gasteiger charge is 2.42. The van der Waals surface area contributed by atoms with E-state index >= 15 is 0 Å². The number of likely N-dealkylation sites (tertiary alicyclic amines) is 2. The molecule has 0 bridgehead atoms. The summed E-state index contributed by atoms with van der Waals surface area (Å²) in [5, 5.41) is 11.9. The monoisotopic (exact) mass is 465 g/mol. The van der Waals surface area contributed by atoms with E-state index in [0.29, 0.717) is 17.4 Å². The van der Waals surface area contributed by atoms with Gasteiger partial charge in [-0.25, -0.2) is 14.8 Å². The van der Waals surface area contributed by atoms with Crippen molar-refractivity contribution in [3.8, 4) is 0 Å². The fourth-order valence-electron chi connectivity index (χ4n) is 4.97. The minimum Gasteiger partial charge on any atom is -0.465 e. The lowest BCUT2D eigenvalue weighted by Gasteiger charge is -2.24. The summed E-state index contributed by atoms with van der Waals surface area (Å²) in [6.45, 7) is 7.92. The number of carbonyl (C=O) groups is 2. The Balaban J connectivity index is 0.000000846. The van der Waals surface area contributed by atoms with Crippen molar-refractivity contribution in [1.82, 2.24) is 25.1 Å². The van der Waals surface area contributed by atoms with E-state index in [0.717, 1.165) is 56.1 Å². The zero-order chi connectivity index (χ0) is 24.1. The summed E-state index contributed by atoms with van der Waals surface area (Å²) in [4.78, 5) is 37.0. The Morgan fingerprint density at radius 2 is 1.59 bits per heavy atom. The Morgan fingerprint density at radius 1 is 1.00 bits per heavy atom. The Hall–Kier alpha value is -3.00. The van der Waals surface area contributed by atoms with Gasteiger partial charge in [-0.15, -0.1) is 0 Å². The Labute approximate surface area is 201 Å². The van der Waals surface area contributed by atoms with Crippen LogP contribution in [0, 0.1) is 25.7 Å². The lowest BCUT2D eigenvalue weighted by molar-refractivity contribution is 0.0771. The van der Waals surface area contributed by atoms with Gasteiger partial charge in [-0.05, 0) is 37.7 Å². The third-order valence-electron chi connectivity index (χ3n) is 6.88. The van der Waals surface area contributed by atoms with Crippen LogP contribution in [0.1, 0.15) is 59.0 Å². The summed E-state index contributed by atoms with van der Waals surface area (Å²) in [5.41, 5.74) is 3.07. The molecule has 2 amide bonds. The molecule has 8 nitrogen and oxygen atoms in total. The number of amides is 2. The summed E-state index contributed by atoms with van der Waals surface area (Å²) >= 11 is 0. The maximum absolute atomic E-state index is 13.0. The molecule has 34 heavy (non-hydrogen) atoms. The maximum Gasteiger partial charge on any atom is 0.405 e. The van der Waals surface area contributed by atoms with Crippen LogP contribution < -0.4 is 5.32 Å². The van der Waals surface area contributed by atoms with Crippen LogP contribution in [0.4, 0.5) is 4.79 Å². The van der Waals surface area contributed by atoms with Gasteiger partial charge >= 0.3 is 6.09 Å². The van der Waals surface area contributed by atoms with Gasteiger partial charge in [-0.2, -0.15) is 0 Å². The van der Waals surface area contributed by atoms with Crippen LogP contribution in [0.2, 0.25) is 0 Å². The number of hydrogen-bond acceptors (Lipinski definition) is 5. The van der Waals surface area contributed by atoms with Crippen molar-refractivity contribution < 1.29 is 14.7 Å². The second-order valence-electron chi connectivity index (χ2n) is 9.67. The predicted molar refractivity (Wildman–Crippen MR) is 130 cm³/mol. The van der Waals surface area contributed by atoms with Crippen molar-refractivity contribution in [3.05, 3.63) is 59.2 Å². The lowest BCUT2D eigenvalue weighted by atomic mass is 10.0. The first-order chi connectivity index (χ1) is 16.4. The number of hydrogen-bond donors (Lipinski definition) is 2. The van der Waals surface area contributed by atoms with Crippen molar-refractivity contribution in [1.29, 1.82) is 0 Å². The van der Waals surface area contributed by atoms with Crippen LogP contribution in [-0.4, -0.2) is 69.6 Å². The van der Waals surface area contributed by atoms with E-state index in [1.807, 2.05) is 49.1 Å². The zero-order valence-electron chi connectivity index (χ0n) is 20.1. The van der Waals surface area contributed by atoms with E-state index in [1.54, 1.807) is 0 Å². The Morgan fingerprint density at radius 3 is 2.12 bits per heavy atom. The van der Waals surface area contributed by atoms with Gasteiger partial charge in [0, 0.05) is 32.7 Å². The maximum atomic E-state index is 13.0. The molecule has 3 fully saturated rings. The Kier molecular flexibility index (Phi) is 7.77. The molecule has 2 unspecified atom stereocenters. The quantitative estimate of drug-likeness (QED) is 0.676. The number of aryl methyl sites for hydroxylation is 2. The van der Waals surface area contributed by atoms with Crippen LogP contribution in [0.25, 0.3) is 0 Å². The van der Waals surface area contributed by atoms with Crippen molar-refractivity contribution >= 4 is 12.0 Å². The van der Waals surface area contributed by atoms with E-state index in [1.165, 1.54) is 25.6 Å².